The molecule has 20 heavy (non-hydrogen) atoms. The molecule has 0 bridgehead atoms. The lowest BCUT2D eigenvalue weighted by molar-refractivity contribution is -0.127. The van der Waals surface area contributed by atoms with Gasteiger partial charge in [0, 0.05) is 24.9 Å². The molecule has 116 valence electrons. The van der Waals surface area contributed by atoms with Gasteiger partial charge in [0.05, 0.1) is 13.2 Å². The molecule has 1 fully saturated rings. The van der Waals surface area contributed by atoms with E-state index in [9.17, 15) is 14.4 Å². The van der Waals surface area contributed by atoms with Crippen molar-refractivity contribution in [1.29, 1.82) is 0 Å². The van der Waals surface area contributed by atoms with E-state index < -0.39 is 0 Å². The van der Waals surface area contributed by atoms with E-state index in [0.717, 1.165) is 0 Å². The largest absolute Gasteiger partial charge is 0.379 e. The van der Waals surface area contributed by atoms with Gasteiger partial charge < -0.3 is 9.47 Å². The molecule has 0 aromatic carbocycles. The summed E-state index contributed by atoms with van der Waals surface area (Å²) >= 11 is 0. The number of nitrogens with one attached hydrogen (secondary N) is 1. The van der Waals surface area contributed by atoms with E-state index >= 15 is 0 Å². The summed E-state index contributed by atoms with van der Waals surface area (Å²) in [5, 5.41) is 2.19. The van der Waals surface area contributed by atoms with Crippen LogP contribution in [0.25, 0.3) is 0 Å². The maximum absolute atomic E-state index is 11.0. The molecule has 1 rings (SSSR count). The summed E-state index contributed by atoms with van der Waals surface area (Å²) in [6, 6.07) is 0. The fraction of sp³-hybridized carbons (Fsp3) is 0.786. The summed E-state index contributed by atoms with van der Waals surface area (Å²) in [6.07, 6.45) is 0.360. The van der Waals surface area contributed by atoms with Gasteiger partial charge in [-0.1, -0.05) is 20.8 Å². The number of carbonyl (C=O) groups excluding carboxylic acids is 3. The molecule has 1 aliphatic heterocycles. The molecule has 6 nitrogen and oxygen atoms in total. The van der Waals surface area contributed by atoms with Gasteiger partial charge in [-0.3, -0.25) is 19.7 Å². The highest BCUT2D eigenvalue weighted by molar-refractivity contribution is 6.03. The van der Waals surface area contributed by atoms with E-state index in [1.165, 1.54) is 0 Å². The third kappa shape index (κ3) is 8.77. The predicted octanol–water partition coefficient (Wildman–Crippen LogP) is 0.934. The molecule has 1 saturated heterocycles. The summed E-state index contributed by atoms with van der Waals surface area (Å²) in [5.41, 5.74) is 0. The summed E-state index contributed by atoms with van der Waals surface area (Å²) in [4.78, 5) is 31.8. The Kier molecular flexibility index (Phi) is 9.84. The molecule has 1 heterocycles. The maximum atomic E-state index is 11.0. The van der Waals surface area contributed by atoms with Gasteiger partial charge in [-0.2, -0.15) is 0 Å². The smallest absolute Gasteiger partial charge is 0.229 e. The molecule has 0 radical (unpaired) electrons. The quantitative estimate of drug-likeness (QED) is 0.556. The van der Waals surface area contributed by atoms with Crippen LogP contribution in [0.4, 0.5) is 0 Å². The van der Waals surface area contributed by atoms with Crippen LogP contribution in [-0.2, 0) is 23.9 Å². The van der Waals surface area contributed by atoms with Gasteiger partial charge in [0.25, 0.3) is 0 Å². The van der Waals surface area contributed by atoms with Gasteiger partial charge in [0.1, 0.15) is 6.61 Å². The van der Waals surface area contributed by atoms with Gasteiger partial charge in [-0.15, -0.1) is 0 Å². The van der Waals surface area contributed by atoms with Gasteiger partial charge in [0.2, 0.25) is 11.8 Å². The Morgan fingerprint density at radius 1 is 1.30 bits per heavy atom. The topological polar surface area (TPSA) is 81.7 Å². The lowest BCUT2D eigenvalue weighted by Gasteiger charge is -2.05. The van der Waals surface area contributed by atoms with Crippen LogP contribution in [0.5, 0.6) is 0 Å². The Bertz CT molecular complexity index is 328. The van der Waals surface area contributed by atoms with Crippen molar-refractivity contribution in [3.63, 3.8) is 0 Å². The summed E-state index contributed by atoms with van der Waals surface area (Å²) in [6.45, 7) is 9.39. The van der Waals surface area contributed by atoms with Crippen molar-refractivity contribution >= 4 is 17.6 Å². The molecule has 1 atom stereocenters. The lowest BCUT2D eigenvalue weighted by Crippen LogP contribution is -2.20. The minimum Gasteiger partial charge on any atom is -0.379 e. The third-order valence-corrected chi connectivity index (χ3v) is 2.67. The van der Waals surface area contributed by atoms with Crippen LogP contribution in [0.3, 0.4) is 0 Å². The van der Waals surface area contributed by atoms with Crippen LogP contribution < -0.4 is 5.32 Å². The molecule has 0 aromatic heterocycles. The van der Waals surface area contributed by atoms with E-state index in [4.69, 9.17) is 9.47 Å². The Hall–Kier alpha value is -1.27. The van der Waals surface area contributed by atoms with Crippen LogP contribution in [0, 0.1) is 11.8 Å². The van der Waals surface area contributed by atoms with Crippen molar-refractivity contribution in [1.82, 2.24) is 5.32 Å². The molecule has 0 aliphatic carbocycles. The average molecular weight is 287 g/mol. The van der Waals surface area contributed by atoms with Crippen molar-refractivity contribution in [3.8, 4) is 0 Å². The highest BCUT2D eigenvalue weighted by Gasteiger charge is 2.25. The SMILES string of the molecule is CC1CC(=O)NC1=O.CCOCCOCC(=O)C(C)C. The maximum Gasteiger partial charge on any atom is 0.229 e. The van der Waals surface area contributed by atoms with Crippen LogP contribution in [-0.4, -0.2) is 44.0 Å². The molecule has 1 unspecified atom stereocenters. The van der Waals surface area contributed by atoms with Crippen molar-refractivity contribution < 1.29 is 23.9 Å². The summed E-state index contributed by atoms with van der Waals surface area (Å²) in [5.74, 6) is -0.191. The number of ketones is 1. The van der Waals surface area contributed by atoms with E-state index in [0.29, 0.717) is 26.2 Å². The zero-order valence-corrected chi connectivity index (χ0v) is 12.7. The van der Waals surface area contributed by atoms with Crippen molar-refractivity contribution in [2.75, 3.05) is 26.4 Å². The number of carbonyl (C=O) groups is 3. The first-order chi connectivity index (χ1) is 9.38. The molecular weight excluding hydrogens is 262 g/mol. The first kappa shape index (κ1) is 18.7. The van der Waals surface area contributed by atoms with Crippen molar-refractivity contribution in [2.24, 2.45) is 11.8 Å². The zero-order chi connectivity index (χ0) is 15.5. The lowest BCUT2D eigenvalue weighted by atomic mass is 10.1. The fourth-order valence-corrected chi connectivity index (χ4v) is 1.28. The molecule has 0 aromatic rings. The number of Topliss-reactive ketones (excluding diaryl/α,β-unsaturated/α-hetero) is 1. The Morgan fingerprint density at radius 2 is 1.90 bits per heavy atom. The normalized spacial score (nSPS) is 17.8. The second-order valence-electron chi connectivity index (χ2n) is 4.89. The number of amides is 2. The van der Waals surface area contributed by atoms with Crippen molar-refractivity contribution in [3.05, 3.63) is 0 Å². The number of imide groups is 1. The summed E-state index contributed by atoms with van der Waals surface area (Å²) in [7, 11) is 0. The minimum absolute atomic E-state index is 0.0668. The minimum atomic E-state index is -0.150. The molecule has 0 saturated carbocycles. The van der Waals surface area contributed by atoms with E-state index in [1.54, 1.807) is 6.92 Å². The van der Waals surface area contributed by atoms with Crippen LogP contribution in [0.1, 0.15) is 34.1 Å². The van der Waals surface area contributed by atoms with Gasteiger partial charge in [-0.05, 0) is 6.92 Å². The Balaban J connectivity index is 0.000000388. The number of hydrogen-bond acceptors (Lipinski definition) is 5. The van der Waals surface area contributed by atoms with E-state index in [1.807, 2.05) is 20.8 Å². The second kappa shape index (κ2) is 10.5. The molecule has 2 amide bonds. The molecule has 1 aliphatic rings. The average Bonchev–Trinajstić information content (AvgIpc) is 2.66. The third-order valence-electron chi connectivity index (χ3n) is 2.67. The Morgan fingerprint density at radius 3 is 2.25 bits per heavy atom. The van der Waals surface area contributed by atoms with Crippen molar-refractivity contribution in [2.45, 2.75) is 34.1 Å². The second-order valence-corrected chi connectivity index (χ2v) is 4.89. The van der Waals surface area contributed by atoms with Gasteiger partial charge >= 0.3 is 0 Å². The highest BCUT2D eigenvalue weighted by Crippen LogP contribution is 2.07. The fourth-order valence-electron chi connectivity index (χ4n) is 1.28. The molecule has 0 spiro atoms. The highest BCUT2D eigenvalue weighted by atomic mass is 16.5. The Labute approximate surface area is 120 Å². The zero-order valence-electron chi connectivity index (χ0n) is 12.7. The molecule has 1 N–H and O–H groups in total. The van der Waals surface area contributed by atoms with E-state index in [-0.39, 0.29) is 36.0 Å². The molecular formula is C14H25NO5. The number of ether oxygens (including phenoxy) is 2. The number of hydrogen-bond donors (Lipinski definition) is 1. The summed E-state index contributed by atoms with van der Waals surface area (Å²) < 4.78 is 10.1. The standard InChI is InChI=1S/C9H18O3.C5H7NO2/c1-4-11-5-6-12-7-9(10)8(2)3;1-3-2-4(7)6-5(3)8/h8H,4-7H2,1-3H3;3H,2H2,1H3,(H,6,7,8). The van der Waals surface area contributed by atoms with Gasteiger partial charge in [-0.25, -0.2) is 0 Å². The monoisotopic (exact) mass is 287 g/mol. The van der Waals surface area contributed by atoms with Gasteiger partial charge in [0.15, 0.2) is 5.78 Å². The first-order valence-corrected chi connectivity index (χ1v) is 6.90. The molecule has 6 heteroatoms. The van der Waals surface area contributed by atoms with Crippen LogP contribution in [0.15, 0.2) is 0 Å². The van der Waals surface area contributed by atoms with Crippen LogP contribution in [0.2, 0.25) is 0 Å². The van der Waals surface area contributed by atoms with E-state index in [2.05, 4.69) is 5.32 Å². The van der Waals surface area contributed by atoms with Crippen LogP contribution >= 0.6 is 0 Å². The number of rotatable bonds is 7. The predicted molar refractivity (Wildman–Crippen MR) is 74.1 cm³/mol. The first-order valence-electron chi connectivity index (χ1n) is 6.90.